The molecular formula is C17H30N4O3. The summed E-state index contributed by atoms with van der Waals surface area (Å²) in [6.45, 7) is 10.7. The number of aliphatic hydroxyl groups excluding tert-OH is 1. The fraction of sp³-hybridized carbons (Fsp3) is 0.765. The van der Waals surface area contributed by atoms with Gasteiger partial charge in [0.05, 0.1) is 17.8 Å². The van der Waals surface area contributed by atoms with Crippen LogP contribution in [0.5, 0.6) is 0 Å². The number of aryl methyl sites for hydroxylation is 2. The van der Waals surface area contributed by atoms with Gasteiger partial charge in [-0.1, -0.05) is 12.1 Å². The van der Waals surface area contributed by atoms with Crippen LogP contribution in [0.1, 0.15) is 49.7 Å². The first-order chi connectivity index (χ1) is 11.4. The van der Waals surface area contributed by atoms with Crippen LogP contribution in [0.4, 0.5) is 4.79 Å². The minimum Gasteiger partial charge on any atom is -0.390 e. The number of hydrogen-bond acceptors (Lipinski definition) is 5. The molecule has 0 bridgehead atoms. The van der Waals surface area contributed by atoms with Crippen LogP contribution in [0.25, 0.3) is 0 Å². The number of piperidine rings is 1. The minimum atomic E-state index is -0.557. The summed E-state index contributed by atoms with van der Waals surface area (Å²) in [5.74, 6) is 1.48. The SMILES string of the molecule is Cc1noc(C)c1C(C)NC(=O)NCC(O)CN1CCC(C)CC1. The molecule has 24 heavy (non-hydrogen) atoms. The number of nitrogens with zero attached hydrogens (tertiary/aromatic N) is 2. The van der Waals surface area contributed by atoms with E-state index in [1.54, 1.807) is 0 Å². The van der Waals surface area contributed by atoms with Gasteiger partial charge in [0.25, 0.3) is 0 Å². The number of carbonyl (C=O) groups is 1. The molecule has 1 aromatic rings. The van der Waals surface area contributed by atoms with E-state index in [4.69, 9.17) is 4.52 Å². The molecule has 136 valence electrons. The van der Waals surface area contributed by atoms with Crippen LogP contribution >= 0.6 is 0 Å². The highest BCUT2D eigenvalue weighted by molar-refractivity contribution is 5.74. The predicted molar refractivity (Wildman–Crippen MR) is 91.8 cm³/mol. The van der Waals surface area contributed by atoms with Crippen molar-refractivity contribution in [3.05, 3.63) is 17.0 Å². The lowest BCUT2D eigenvalue weighted by Gasteiger charge is -2.31. The van der Waals surface area contributed by atoms with E-state index >= 15 is 0 Å². The highest BCUT2D eigenvalue weighted by Gasteiger charge is 2.20. The van der Waals surface area contributed by atoms with Crippen molar-refractivity contribution in [3.63, 3.8) is 0 Å². The molecular weight excluding hydrogens is 308 g/mol. The average molecular weight is 338 g/mol. The van der Waals surface area contributed by atoms with Crippen LogP contribution in [0.3, 0.4) is 0 Å². The standard InChI is InChI=1S/C17H30N4O3/c1-11-5-7-21(8-6-11)10-15(22)9-18-17(23)19-12(2)16-13(3)20-24-14(16)4/h11-12,15,22H,5-10H2,1-4H3,(H2,18,19,23). The quantitative estimate of drug-likeness (QED) is 0.735. The molecule has 2 amide bonds. The Morgan fingerprint density at radius 2 is 2.08 bits per heavy atom. The molecule has 2 atom stereocenters. The fourth-order valence-corrected chi connectivity index (χ4v) is 3.25. The normalized spacial score (nSPS) is 19.0. The fourth-order valence-electron chi connectivity index (χ4n) is 3.25. The van der Waals surface area contributed by atoms with Crippen LogP contribution < -0.4 is 10.6 Å². The largest absolute Gasteiger partial charge is 0.390 e. The van der Waals surface area contributed by atoms with Crippen molar-refractivity contribution >= 4 is 6.03 Å². The smallest absolute Gasteiger partial charge is 0.315 e. The monoisotopic (exact) mass is 338 g/mol. The Morgan fingerprint density at radius 1 is 1.42 bits per heavy atom. The maximum absolute atomic E-state index is 12.0. The summed E-state index contributed by atoms with van der Waals surface area (Å²) >= 11 is 0. The van der Waals surface area contributed by atoms with Gasteiger partial charge in [-0.05, 0) is 52.6 Å². The summed E-state index contributed by atoms with van der Waals surface area (Å²) in [5, 5.41) is 19.6. The zero-order valence-corrected chi connectivity index (χ0v) is 15.1. The van der Waals surface area contributed by atoms with Crippen molar-refractivity contribution in [1.82, 2.24) is 20.7 Å². The molecule has 0 aliphatic carbocycles. The van der Waals surface area contributed by atoms with Gasteiger partial charge in [0.1, 0.15) is 5.76 Å². The van der Waals surface area contributed by atoms with Crippen molar-refractivity contribution in [1.29, 1.82) is 0 Å². The number of urea groups is 1. The molecule has 1 saturated heterocycles. The van der Waals surface area contributed by atoms with E-state index < -0.39 is 6.10 Å². The third-order valence-electron chi connectivity index (χ3n) is 4.71. The van der Waals surface area contributed by atoms with Gasteiger partial charge in [0.2, 0.25) is 0 Å². The van der Waals surface area contributed by atoms with Gasteiger partial charge in [-0.2, -0.15) is 0 Å². The van der Waals surface area contributed by atoms with Gasteiger partial charge >= 0.3 is 6.03 Å². The molecule has 7 nitrogen and oxygen atoms in total. The van der Waals surface area contributed by atoms with Crippen molar-refractivity contribution < 1.29 is 14.4 Å². The minimum absolute atomic E-state index is 0.197. The highest BCUT2D eigenvalue weighted by Crippen LogP contribution is 2.20. The molecule has 0 spiro atoms. The van der Waals surface area contributed by atoms with Crippen LogP contribution in [0.2, 0.25) is 0 Å². The Labute approximate surface area is 143 Å². The Balaban J connectivity index is 1.70. The molecule has 7 heteroatoms. The van der Waals surface area contributed by atoms with E-state index in [0.29, 0.717) is 12.3 Å². The number of β-amino-alcohol motifs (C(OH)–C–C–N with tert-alkyl or cyclic N) is 1. The molecule has 0 radical (unpaired) electrons. The number of aliphatic hydroxyl groups is 1. The van der Waals surface area contributed by atoms with Crippen molar-refractivity contribution in [2.24, 2.45) is 5.92 Å². The molecule has 2 unspecified atom stereocenters. The highest BCUT2D eigenvalue weighted by atomic mass is 16.5. The summed E-state index contributed by atoms with van der Waals surface area (Å²) in [6, 6.07) is -0.495. The van der Waals surface area contributed by atoms with Crippen molar-refractivity contribution in [2.75, 3.05) is 26.2 Å². The Kier molecular flexibility index (Phi) is 6.62. The lowest BCUT2D eigenvalue weighted by Crippen LogP contribution is -2.45. The molecule has 3 N–H and O–H groups in total. The number of carbonyl (C=O) groups excluding carboxylic acids is 1. The number of hydrogen-bond donors (Lipinski definition) is 3. The van der Waals surface area contributed by atoms with Crippen molar-refractivity contribution in [2.45, 2.75) is 52.7 Å². The van der Waals surface area contributed by atoms with Gasteiger partial charge in [-0.15, -0.1) is 0 Å². The van der Waals surface area contributed by atoms with E-state index in [1.165, 1.54) is 12.8 Å². The van der Waals surface area contributed by atoms with Crippen LogP contribution in [-0.2, 0) is 0 Å². The van der Waals surface area contributed by atoms with Crippen LogP contribution in [0.15, 0.2) is 4.52 Å². The van der Waals surface area contributed by atoms with E-state index in [1.807, 2.05) is 20.8 Å². The predicted octanol–water partition coefficient (Wildman–Crippen LogP) is 1.74. The summed E-state index contributed by atoms with van der Waals surface area (Å²) in [5.41, 5.74) is 1.67. The van der Waals surface area contributed by atoms with E-state index in [-0.39, 0.29) is 18.6 Å². The van der Waals surface area contributed by atoms with Gasteiger partial charge < -0.3 is 25.2 Å². The number of aromatic nitrogens is 1. The third-order valence-corrected chi connectivity index (χ3v) is 4.71. The van der Waals surface area contributed by atoms with Gasteiger partial charge in [0, 0.05) is 18.7 Å². The molecule has 2 rings (SSSR count). The van der Waals surface area contributed by atoms with Gasteiger partial charge in [0.15, 0.2) is 0 Å². The second kappa shape index (κ2) is 8.48. The second-order valence-corrected chi connectivity index (χ2v) is 6.95. The molecule has 0 aromatic carbocycles. The number of rotatable bonds is 6. The Hall–Kier alpha value is -1.60. The lowest BCUT2D eigenvalue weighted by molar-refractivity contribution is 0.0919. The van der Waals surface area contributed by atoms with Gasteiger partial charge in [-0.25, -0.2) is 4.79 Å². The van der Waals surface area contributed by atoms with E-state index in [9.17, 15) is 9.90 Å². The average Bonchev–Trinajstić information content (AvgIpc) is 2.86. The number of likely N-dealkylation sites (tertiary alicyclic amines) is 1. The Bertz CT molecular complexity index is 518. The molecule has 0 saturated carbocycles. The van der Waals surface area contributed by atoms with Gasteiger partial charge in [-0.3, -0.25) is 0 Å². The number of nitrogens with one attached hydrogen (secondary N) is 2. The first-order valence-corrected chi connectivity index (χ1v) is 8.74. The molecule has 1 aliphatic rings. The summed E-state index contributed by atoms with van der Waals surface area (Å²) in [7, 11) is 0. The molecule has 1 fully saturated rings. The summed E-state index contributed by atoms with van der Waals surface area (Å²) in [4.78, 5) is 14.3. The first kappa shape index (κ1) is 18.7. The molecule has 2 heterocycles. The van der Waals surface area contributed by atoms with Crippen LogP contribution in [0, 0.1) is 19.8 Å². The van der Waals surface area contributed by atoms with Crippen molar-refractivity contribution in [3.8, 4) is 0 Å². The summed E-state index contributed by atoms with van der Waals surface area (Å²) < 4.78 is 5.12. The zero-order valence-electron chi connectivity index (χ0n) is 15.1. The summed E-state index contributed by atoms with van der Waals surface area (Å²) in [6.07, 6.45) is 1.80. The van der Waals surface area contributed by atoms with E-state index in [0.717, 1.165) is 30.3 Å². The molecule has 1 aromatic heterocycles. The molecule has 1 aliphatic heterocycles. The maximum atomic E-state index is 12.0. The Morgan fingerprint density at radius 3 is 2.67 bits per heavy atom. The van der Waals surface area contributed by atoms with Crippen LogP contribution in [-0.4, -0.2) is 53.5 Å². The first-order valence-electron chi connectivity index (χ1n) is 8.74. The van der Waals surface area contributed by atoms with E-state index in [2.05, 4.69) is 27.6 Å². The second-order valence-electron chi connectivity index (χ2n) is 6.95. The topological polar surface area (TPSA) is 90.6 Å². The third kappa shape index (κ3) is 5.21. The number of amides is 2. The zero-order chi connectivity index (χ0) is 17.7. The maximum Gasteiger partial charge on any atom is 0.315 e. The lowest BCUT2D eigenvalue weighted by atomic mass is 9.99.